The maximum Gasteiger partial charge on any atom is 0.188 e. The number of phenolic OH excluding ortho intramolecular Hbond substituents is 1. The van der Waals surface area contributed by atoms with E-state index >= 15 is 0 Å². The quantitative estimate of drug-likeness (QED) is 0.786. The summed E-state index contributed by atoms with van der Waals surface area (Å²) in [6.45, 7) is 0.834. The standard InChI is InChI=1S/C9H9Cl2N5O/c10-6-1-5(9(17)7(11)2-6)3-12-4-8-13-15-16-14-8/h1-2,12,17H,3-4H2,(H,13,14,15,16). The molecule has 0 spiro atoms. The van der Waals surface area contributed by atoms with E-state index in [1.54, 1.807) is 6.07 Å². The lowest BCUT2D eigenvalue weighted by Crippen LogP contribution is -2.14. The van der Waals surface area contributed by atoms with E-state index in [4.69, 9.17) is 23.2 Å². The van der Waals surface area contributed by atoms with Gasteiger partial charge in [0.2, 0.25) is 0 Å². The summed E-state index contributed by atoms with van der Waals surface area (Å²) in [5.41, 5.74) is 0.617. The van der Waals surface area contributed by atoms with Crippen molar-refractivity contribution in [1.29, 1.82) is 0 Å². The summed E-state index contributed by atoms with van der Waals surface area (Å²) in [5.74, 6) is 0.564. The molecule has 1 heterocycles. The van der Waals surface area contributed by atoms with E-state index < -0.39 is 0 Å². The number of aromatic nitrogens is 4. The first-order valence-electron chi connectivity index (χ1n) is 4.76. The van der Waals surface area contributed by atoms with Gasteiger partial charge >= 0.3 is 0 Å². The van der Waals surface area contributed by atoms with Crippen LogP contribution in [0.1, 0.15) is 11.4 Å². The van der Waals surface area contributed by atoms with Gasteiger partial charge in [0.25, 0.3) is 0 Å². The van der Waals surface area contributed by atoms with Crippen molar-refractivity contribution in [2.45, 2.75) is 13.1 Å². The van der Waals surface area contributed by atoms with Crippen LogP contribution in [0.2, 0.25) is 10.0 Å². The Bertz CT molecular complexity index is 502. The number of aromatic hydroxyl groups is 1. The van der Waals surface area contributed by atoms with Crippen molar-refractivity contribution < 1.29 is 5.11 Å². The monoisotopic (exact) mass is 273 g/mol. The van der Waals surface area contributed by atoms with Crippen molar-refractivity contribution in [2.75, 3.05) is 0 Å². The fourth-order valence-corrected chi connectivity index (χ4v) is 1.86. The number of nitrogens with one attached hydrogen (secondary N) is 2. The average molecular weight is 274 g/mol. The highest BCUT2D eigenvalue weighted by Gasteiger charge is 2.08. The highest BCUT2D eigenvalue weighted by Crippen LogP contribution is 2.30. The van der Waals surface area contributed by atoms with E-state index in [0.29, 0.717) is 29.5 Å². The largest absolute Gasteiger partial charge is 0.506 e. The van der Waals surface area contributed by atoms with Gasteiger partial charge in [-0.2, -0.15) is 5.21 Å². The molecule has 0 fully saturated rings. The summed E-state index contributed by atoms with van der Waals surface area (Å²) < 4.78 is 0. The number of phenols is 1. The number of nitrogens with zero attached hydrogens (tertiary/aromatic N) is 3. The minimum absolute atomic E-state index is 0.0247. The van der Waals surface area contributed by atoms with Gasteiger partial charge in [0.05, 0.1) is 11.6 Å². The van der Waals surface area contributed by atoms with Crippen molar-refractivity contribution in [3.8, 4) is 5.75 Å². The number of hydrogen-bond donors (Lipinski definition) is 3. The SMILES string of the molecule is Oc1c(Cl)cc(Cl)cc1CNCc1nn[nH]n1. The number of tetrazole rings is 1. The molecule has 0 amide bonds. The lowest BCUT2D eigenvalue weighted by molar-refractivity contribution is 0.464. The van der Waals surface area contributed by atoms with E-state index in [9.17, 15) is 5.11 Å². The topological polar surface area (TPSA) is 86.7 Å². The van der Waals surface area contributed by atoms with Crippen LogP contribution in [0.5, 0.6) is 5.75 Å². The molecule has 8 heteroatoms. The van der Waals surface area contributed by atoms with E-state index in [-0.39, 0.29) is 10.8 Å². The Kier molecular flexibility index (Phi) is 3.78. The van der Waals surface area contributed by atoms with Gasteiger partial charge in [-0.1, -0.05) is 28.4 Å². The molecule has 3 N–H and O–H groups in total. The van der Waals surface area contributed by atoms with Crippen LogP contribution in [0.3, 0.4) is 0 Å². The second kappa shape index (κ2) is 5.31. The Morgan fingerprint density at radius 1 is 1.29 bits per heavy atom. The molecule has 0 atom stereocenters. The Morgan fingerprint density at radius 3 is 2.82 bits per heavy atom. The highest BCUT2D eigenvalue weighted by atomic mass is 35.5. The minimum Gasteiger partial charge on any atom is -0.506 e. The molecule has 2 rings (SSSR count). The first-order chi connectivity index (χ1) is 8.16. The molecule has 90 valence electrons. The molecule has 0 radical (unpaired) electrons. The average Bonchev–Trinajstić information content (AvgIpc) is 2.78. The predicted molar refractivity (Wildman–Crippen MR) is 62.8 cm³/mol. The third-order valence-corrected chi connectivity index (χ3v) is 2.60. The van der Waals surface area contributed by atoms with Crippen molar-refractivity contribution in [3.05, 3.63) is 33.6 Å². The second-order valence-corrected chi connectivity index (χ2v) is 4.17. The minimum atomic E-state index is 0.0247. The van der Waals surface area contributed by atoms with E-state index in [1.165, 1.54) is 6.07 Å². The van der Waals surface area contributed by atoms with Gasteiger partial charge in [-0.05, 0) is 12.1 Å². The maximum atomic E-state index is 9.70. The van der Waals surface area contributed by atoms with Crippen LogP contribution < -0.4 is 5.32 Å². The number of benzene rings is 1. The summed E-state index contributed by atoms with van der Waals surface area (Å²) in [6, 6.07) is 3.13. The fourth-order valence-electron chi connectivity index (χ4n) is 1.32. The second-order valence-electron chi connectivity index (χ2n) is 3.33. The van der Waals surface area contributed by atoms with Gasteiger partial charge in [-0.25, -0.2) is 0 Å². The van der Waals surface area contributed by atoms with Gasteiger partial charge in [0.15, 0.2) is 5.82 Å². The van der Waals surface area contributed by atoms with E-state index in [0.717, 1.165) is 0 Å². The van der Waals surface area contributed by atoms with Gasteiger partial charge in [-0.15, -0.1) is 10.2 Å². The number of aromatic amines is 1. The first-order valence-corrected chi connectivity index (χ1v) is 5.52. The molecule has 6 nitrogen and oxygen atoms in total. The zero-order chi connectivity index (χ0) is 12.3. The van der Waals surface area contributed by atoms with Crippen LogP contribution in [-0.4, -0.2) is 25.7 Å². The summed E-state index contributed by atoms with van der Waals surface area (Å²) in [5, 5.41) is 26.8. The Hall–Kier alpha value is -1.37. The number of H-pyrrole nitrogens is 1. The molecular formula is C9H9Cl2N5O. The maximum absolute atomic E-state index is 9.70. The molecule has 0 saturated carbocycles. The molecule has 1 aromatic carbocycles. The molecule has 0 aliphatic heterocycles. The summed E-state index contributed by atoms with van der Waals surface area (Å²) in [7, 11) is 0. The van der Waals surface area contributed by atoms with Crippen molar-refractivity contribution in [3.63, 3.8) is 0 Å². The fraction of sp³-hybridized carbons (Fsp3) is 0.222. The smallest absolute Gasteiger partial charge is 0.188 e. The third kappa shape index (κ3) is 3.06. The third-order valence-electron chi connectivity index (χ3n) is 2.09. The van der Waals surface area contributed by atoms with Crippen LogP contribution in [0.15, 0.2) is 12.1 Å². The molecular weight excluding hydrogens is 265 g/mol. The predicted octanol–water partition coefficient (Wildman–Crippen LogP) is 1.50. The Morgan fingerprint density at radius 2 is 2.12 bits per heavy atom. The molecule has 1 aromatic heterocycles. The van der Waals surface area contributed by atoms with E-state index in [1.807, 2.05) is 0 Å². The van der Waals surface area contributed by atoms with Crippen molar-refractivity contribution in [2.24, 2.45) is 0 Å². The zero-order valence-electron chi connectivity index (χ0n) is 8.61. The molecule has 0 aliphatic carbocycles. The van der Waals surface area contributed by atoms with Gasteiger partial charge in [-0.3, -0.25) is 0 Å². The molecule has 0 aliphatic rings. The lowest BCUT2D eigenvalue weighted by atomic mass is 10.2. The lowest BCUT2D eigenvalue weighted by Gasteiger charge is -2.07. The molecule has 0 bridgehead atoms. The molecule has 17 heavy (non-hydrogen) atoms. The van der Waals surface area contributed by atoms with Gasteiger partial charge in [0.1, 0.15) is 5.75 Å². The van der Waals surface area contributed by atoms with Crippen LogP contribution in [0.25, 0.3) is 0 Å². The highest BCUT2D eigenvalue weighted by molar-refractivity contribution is 6.35. The van der Waals surface area contributed by atoms with Crippen LogP contribution in [0, 0.1) is 0 Å². The van der Waals surface area contributed by atoms with Crippen molar-refractivity contribution >= 4 is 23.2 Å². The first kappa shape index (κ1) is 12.1. The summed E-state index contributed by atoms with van der Waals surface area (Å²) >= 11 is 11.6. The van der Waals surface area contributed by atoms with E-state index in [2.05, 4.69) is 25.9 Å². The number of rotatable bonds is 4. The van der Waals surface area contributed by atoms with Crippen LogP contribution in [-0.2, 0) is 13.1 Å². The zero-order valence-corrected chi connectivity index (χ0v) is 10.1. The summed E-state index contributed by atoms with van der Waals surface area (Å²) in [6.07, 6.45) is 0. The number of hydrogen-bond acceptors (Lipinski definition) is 5. The van der Waals surface area contributed by atoms with Crippen molar-refractivity contribution in [1.82, 2.24) is 25.9 Å². The van der Waals surface area contributed by atoms with Gasteiger partial charge < -0.3 is 10.4 Å². The Labute approximate surface area is 107 Å². The molecule has 2 aromatic rings. The van der Waals surface area contributed by atoms with Gasteiger partial charge in [0, 0.05) is 17.1 Å². The normalized spacial score (nSPS) is 10.7. The number of halogens is 2. The Balaban J connectivity index is 1.99. The van der Waals surface area contributed by atoms with Crippen LogP contribution >= 0.6 is 23.2 Å². The molecule has 0 unspecified atom stereocenters. The van der Waals surface area contributed by atoms with Crippen LogP contribution in [0.4, 0.5) is 0 Å². The summed E-state index contributed by atoms with van der Waals surface area (Å²) in [4.78, 5) is 0. The molecule has 0 saturated heterocycles.